The van der Waals surface area contributed by atoms with E-state index >= 15 is 0 Å². The van der Waals surface area contributed by atoms with Gasteiger partial charge in [-0.1, -0.05) is 0 Å². The summed E-state index contributed by atoms with van der Waals surface area (Å²) in [5.74, 6) is 1.99. The molecule has 0 radical (unpaired) electrons. The fraction of sp³-hybridized carbons (Fsp3) is 0.308. The highest BCUT2D eigenvalue weighted by Crippen LogP contribution is 2.16. The van der Waals surface area contributed by atoms with Crippen molar-refractivity contribution in [1.82, 2.24) is 20.5 Å². The maximum absolute atomic E-state index is 11.6. The van der Waals surface area contributed by atoms with Crippen LogP contribution in [0.25, 0.3) is 0 Å². The highest BCUT2D eigenvalue weighted by Gasteiger charge is 2.03. The molecule has 0 unspecified atom stereocenters. The maximum Gasteiger partial charge on any atom is 0.223 e. The average Bonchev–Trinajstić information content (AvgIpc) is 2.99. The summed E-state index contributed by atoms with van der Waals surface area (Å²) in [5, 5.41) is 9.08. The molecule has 2 rings (SSSR count). The fourth-order valence-corrected chi connectivity index (χ4v) is 1.52. The van der Waals surface area contributed by atoms with E-state index in [1.807, 2.05) is 0 Å². The average molecular weight is 276 g/mol. The van der Waals surface area contributed by atoms with Crippen LogP contribution in [0.2, 0.25) is 0 Å². The molecule has 20 heavy (non-hydrogen) atoms. The SMILES string of the molecule is COc1ccc(OCCC(=O)NCc2ncn[nH]2)cc1. The number of carbonyl (C=O) groups is 1. The quantitative estimate of drug-likeness (QED) is 0.784. The van der Waals surface area contributed by atoms with Crippen molar-refractivity contribution >= 4 is 5.91 Å². The zero-order chi connectivity index (χ0) is 14.2. The summed E-state index contributed by atoms with van der Waals surface area (Å²) in [6.45, 7) is 0.649. The Labute approximate surface area is 116 Å². The van der Waals surface area contributed by atoms with Crippen molar-refractivity contribution in [1.29, 1.82) is 0 Å². The van der Waals surface area contributed by atoms with Crippen LogP contribution >= 0.6 is 0 Å². The number of ether oxygens (including phenoxy) is 2. The van der Waals surface area contributed by atoms with Gasteiger partial charge in [0, 0.05) is 0 Å². The molecular weight excluding hydrogens is 260 g/mol. The number of amides is 1. The number of aromatic amines is 1. The number of hydrogen-bond acceptors (Lipinski definition) is 5. The van der Waals surface area contributed by atoms with Gasteiger partial charge >= 0.3 is 0 Å². The minimum absolute atomic E-state index is 0.102. The molecule has 0 fully saturated rings. The topological polar surface area (TPSA) is 89.1 Å². The van der Waals surface area contributed by atoms with E-state index in [9.17, 15) is 4.79 Å². The number of H-pyrrole nitrogens is 1. The zero-order valence-corrected chi connectivity index (χ0v) is 11.1. The van der Waals surface area contributed by atoms with Crippen molar-refractivity contribution < 1.29 is 14.3 Å². The summed E-state index contributed by atoms with van der Waals surface area (Å²) in [4.78, 5) is 15.5. The second kappa shape index (κ2) is 7.13. The molecule has 1 aromatic heterocycles. The van der Waals surface area contributed by atoms with Crippen LogP contribution in [0.3, 0.4) is 0 Å². The first-order valence-electron chi connectivity index (χ1n) is 6.15. The van der Waals surface area contributed by atoms with Crippen molar-refractivity contribution in [3.63, 3.8) is 0 Å². The van der Waals surface area contributed by atoms with Gasteiger partial charge < -0.3 is 14.8 Å². The Hall–Kier alpha value is -2.57. The lowest BCUT2D eigenvalue weighted by molar-refractivity contribution is -0.121. The molecule has 2 N–H and O–H groups in total. The van der Waals surface area contributed by atoms with Crippen LogP contribution < -0.4 is 14.8 Å². The molecule has 106 valence electrons. The van der Waals surface area contributed by atoms with E-state index in [1.54, 1.807) is 31.4 Å². The molecular formula is C13H16N4O3. The summed E-state index contributed by atoms with van der Waals surface area (Å²) >= 11 is 0. The van der Waals surface area contributed by atoms with Gasteiger partial charge in [0.25, 0.3) is 0 Å². The molecule has 0 aliphatic rings. The number of benzene rings is 1. The first kappa shape index (κ1) is 13.9. The summed E-state index contributed by atoms with van der Waals surface area (Å²) in [6.07, 6.45) is 1.68. The third kappa shape index (κ3) is 4.27. The molecule has 2 aromatic rings. The van der Waals surface area contributed by atoms with Gasteiger partial charge in [-0.2, -0.15) is 5.10 Å². The van der Waals surface area contributed by atoms with Crippen LogP contribution in [0, 0.1) is 0 Å². The van der Waals surface area contributed by atoms with Gasteiger partial charge in [-0.3, -0.25) is 9.89 Å². The Bertz CT molecular complexity index is 525. The number of nitrogens with zero attached hydrogens (tertiary/aromatic N) is 2. The molecule has 0 saturated carbocycles. The van der Waals surface area contributed by atoms with Gasteiger partial charge in [0.2, 0.25) is 5.91 Å². The van der Waals surface area contributed by atoms with Gasteiger partial charge in [0.15, 0.2) is 0 Å². The van der Waals surface area contributed by atoms with E-state index in [1.165, 1.54) is 6.33 Å². The minimum Gasteiger partial charge on any atom is -0.497 e. The second-order valence-electron chi connectivity index (χ2n) is 3.98. The van der Waals surface area contributed by atoms with Crippen molar-refractivity contribution in [3.8, 4) is 11.5 Å². The molecule has 1 heterocycles. The van der Waals surface area contributed by atoms with Crippen LogP contribution in [0.5, 0.6) is 11.5 Å². The Kier molecular flexibility index (Phi) is 4.94. The normalized spacial score (nSPS) is 10.1. The Morgan fingerprint density at radius 1 is 1.30 bits per heavy atom. The molecule has 0 bridgehead atoms. The van der Waals surface area contributed by atoms with E-state index in [0.717, 1.165) is 5.75 Å². The van der Waals surface area contributed by atoms with Gasteiger partial charge in [-0.05, 0) is 24.3 Å². The van der Waals surface area contributed by atoms with E-state index in [2.05, 4.69) is 20.5 Å². The van der Waals surface area contributed by atoms with E-state index < -0.39 is 0 Å². The van der Waals surface area contributed by atoms with Gasteiger partial charge in [-0.25, -0.2) is 4.98 Å². The highest BCUT2D eigenvalue weighted by molar-refractivity contribution is 5.75. The number of carbonyl (C=O) groups excluding carboxylic acids is 1. The lowest BCUT2D eigenvalue weighted by atomic mass is 10.3. The lowest BCUT2D eigenvalue weighted by Gasteiger charge is -2.07. The van der Waals surface area contributed by atoms with Gasteiger partial charge in [-0.15, -0.1) is 0 Å². The fourth-order valence-electron chi connectivity index (χ4n) is 1.52. The summed E-state index contributed by atoms with van der Waals surface area (Å²) in [6, 6.07) is 7.20. The summed E-state index contributed by atoms with van der Waals surface area (Å²) < 4.78 is 10.5. The van der Waals surface area contributed by atoms with E-state index in [0.29, 0.717) is 24.7 Å². The summed E-state index contributed by atoms with van der Waals surface area (Å²) in [5.41, 5.74) is 0. The maximum atomic E-state index is 11.6. The van der Waals surface area contributed by atoms with Crippen molar-refractivity contribution in [2.24, 2.45) is 0 Å². The molecule has 7 heteroatoms. The molecule has 1 amide bonds. The predicted octanol–water partition coefficient (Wildman–Crippen LogP) is 0.899. The monoisotopic (exact) mass is 276 g/mol. The number of rotatable bonds is 7. The number of aromatic nitrogens is 3. The molecule has 0 aliphatic heterocycles. The summed E-state index contributed by atoms with van der Waals surface area (Å²) in [7, 11) is 1.61. The van der Waals surface area contributed by atoms with Crippen molar-refractivity contribution in [2.45, 2.75) is 13.0 Å². The highest BCUT2D eigenvalue weighted by atomic mass is 16.5. The van der Waals surface area contributed by atoms with Gasteiger partial charge in [0.05, 0.1) is 26.7 Å². The van der Waals surface area contributed by atoms with E-state index in [4.69, 9.17) is 9.47 Å². The van der Waals surface area contributed by atoms with E-state index in [-0.39, 0.29) is 12.3 Å². The predicted molar refractivity (Wildman–Crippen MR) is 71.3 cm³/mol. The molecule has 0 saturated heterocycles. The van der Waals surface area contributed by atoms with Crippen molar-refractivity contribution in [3.05, 3.63) is 36.4 Å². The van der Waals surface area contributed by atoms with Crippen LogP contribution in [-0.2, 0) is 11.3 Å². The van der Waals surface area contributed by atoms with Gasteiger partial charge in [0.1, 0.15) is 23.7 Å². The van der Waals surface area contributed by atoms with Crippen LogP contribution in [-0.4, -0.2) is 34.8 Å². The Balaban J connectivity index is 1.65. The molecule has 7 nitrogen and oxygen atoms in total. The van der Waals surface area contributed by atoms with Crippen LogP contribution in [0.1, 0.15) is 12.2 Å². The Morgan fingerprint density at radius 2 is 2.05 bits per heavy atom. The lowest BCUT2D eigenvalue weighted by Crippen LogP contribution is -2.24. The second-order valence-corrected chi connectivity index (χ2v) is 3.98. The molecule has 0 spiro atoms. The third-order valence-electron chi connectivity index (χ3n) is 2.58. The first-order valence-corrected chi connectivity index (χ1v) is 6.15. The minimum atomic E-state index is -0.102. The third-order valence-corrected chi connectivity index (χ3v) is 2.58. The zero-order valence-electron chi connectivity index (χ0n) is 11.1. The molecule has 0 atom stereocenters. The largest absolute Gasteiger partial charge is 0.497 e. The molecule has 1 aromatic carbocycles. The van der Waals surface area contributed by atoms with Crippen LogP contribution in [0.15, 0.2) is 30.6 Å². The van der Waals surface area contributed by atoms with Crippen molar-refractivity contribution in [2.75, 3.05) is 13.7 Å². The number of hydrogen-bond donors (Lipinski definition) is 2. The standard InChI is InChI=1S/C13H16N4O3/c1-19-10-2-4-11(5-3-10)20-7-6-13(18)14-8-12-15-9-16-17-12/h2-5,9H,6-8H2,1H3,(H,14,18)(H,15,16,17). The smallest absolute Gasteiger partial charge is 0.223 e. The Morgan fingerprint density at radius 3 is 2.70 bits per heavy atom. The number of methoxy groups -OCH3 is 1. The first-order chi connectivity index (χ1) is 9.78. The van der Waals surface area contributed by atoms with Crippen LogP contribution in [0.4, 0.5) is 0 Å². The molecule has 0 aliphatic carbocycles. The number of nitrogens with one attached hydrogen (secondary N) is 2.